The Kier molecular flexibility index (Phi) is 4.55. The summed E-state index contributed by atoms with van der Waals surface area (Å²) >= 11 is 0. The lowest BCUT2D eigenvalue weighted by Gasteiger charge is -2.13. The van der Waals surface area contributed by atoms with Crippen LogP contribution in [0.1, 0.15) is 0 Å². The van der Waals surface area contributed by atoms with Gasteiger partial charge in [0.1, 0.15) is 11.6 Å². The van der Waals surface area contributed by atoms with Crippen LogP contribution in [0.5, 0.6) is 0 Å². The van der Waals surface area contributed by atoms with E-state index in [4.69, 9.17) is 0 Å². The molecule has 0 saturated heterocycles. The van der Waals surface area contributed by atoms with Crippen molar-refractivity contribution in [3.05, 3.63) is 145 Å². The van der Waals surface area contributed by atoms with Crippen molar-refractivity contribution in [2.24, 2.45) is 0 Å². The van der Waals surface area contributed by atoms with Crippen molar-refractivity contribution >= 4 is 65.2 Å². The zero-order valence-corrected chi connectivity index (χ0v) is 23.4. The maximum Gasteiger partial charge on any atom is 0.133 e. The second kappa shape index (κ2) is 8.42. The van der Waals surface area contributed by atoms with Gasteiger partial charge in [-0.05, 0) is 82.2 Å². The van der Waals surface area contributed by atoms with Crippen molar-refractivity contribution in [1.29, 1.82) is 0 Å². The van der Waals surface area contributed by atoms with E-state index in [-0.39, 0.29) is 11.1 Å². The summed E-state index contributed by atoms with van der Waals surface area (Å²) < 4.78 is 36.1. The fourth-order valence-corrected chi connectivity index (χ4v) is 7.52. The zero-order chi connectivity index (χ0) is 29.1. The normalized spacial score (nSPS) is 12.3. The molecule has 8 aromatic carbocycles. The average Bonchev–Trinajstić information content (AvgIpc) is 3.58. The second-order valence-electron chi connectivity index (χ2n) is 11.6. The third-order valence-electron chi connectivity index (χ3n) is 9.36. The SMILES string of the molecule is Fc1cc(-n2c3cccc4ccc5cccc2c5c43)ccc1-c1ccc(-n2c3cccc4ccc5cccc2c5c43)cc1F. The van der Waals surface area contributed by atoms with Crippen LogP contribution in [0.2, 0.25) is 0 Å². The van der Waals surface area contributed by atoms with Gasteiger partial charge < -0.3 is 9.13 Å². The van der Waals surface area contributed by atoms with E-state index in [0.717, 1.165) is 43.6 Å². The van der Waals surface area contributed by atoms with Crippen LogP contribution in [0, 0.1) is 11.6 Å². The fourth-order valence-electron chi connectivity index (χ4n) is 7.52. The summed E-state index contributed by atoms with van der Waals surface area (Å²) in [4.78, 5) is 0. The quantitative estimate of drug-likeness (QED) is 0.188. The van der Waals surface area contributed by atoms with E-state index >= 15 is 8.78 Å². The Morgan fingerprint density at radius 3 is 0.955 bits per heavy atom. The highest BCUT2D eigenvalue weighted by atomic mass is 19.1. The number of hydrogen-bond acceptors (Lipinski definition) is 0. The van der Waals surface area contributed by atoms with Gasteiger partial charge in [0.2, 0.25) is 0 Å². The molecule has 0 spiro atoms. The summed E-state index contributed by atoms with van der Waals surface area (Å²) in [5, 5.41) is 9.28. The van der Waals surface area contributed by atoms with Crippen molar-refractivity contribution in [2.75, 3.05) is 0 Å². The maximum atomic E-state index is 16.0. The Bertz CT molecular complexity index is 2420. The summed E-state index contributed by atoms with van der Waals surface area (Å²) in [5.74, 6) is -0.930. The molecule has 4 heteroatoms. The van der Waals surface area contributed by atoms with Crippen LogP contribution in [-0.4, -0.2) is 9.13 Å². The lowest BCUT2D eigenvalue weighted by Crippen LogP contribution is -1.98. The zero-order valence-electron chi connectivity index (χ0n) is 23.4. The molecule has 0 amide bonds. The Morgan fingerprint density at radius 2 is 0.659 bits per heavy atom. The lowest BCUT2D eigenvalue weighted by atomic mass is 10.0. The van der Waals surface area contributed by atoms with Gasteiger partial charge in [0.05, 0.1) is 22.1 Å². The first-order valence-corrected chi connectivity index (χ1v) is 14.7. The van der Waals surface area contributed by atoms with Gasteiger partial charge in [0.25, 0.3) is 0 Å². The van der Waals surface area contributed by atoms with E-state index in [1.165, 1.54) is 33.7 Å². The molecule has 0 aliphatic rings. The van der Waals surface area contributed by atoms with Crippen LogP contribution in [-0.2, 0) is 0 Å². The topological polar surface area (TPSA) is 9.86 Å². The highest BCUT2D eigenvalue weighted by molar-refractivity contribution is 6.25. The van der Waals surface area contributed by atoms with E-state index in [9.17, 15) is 0 Å². The molecule has 0 atom stereocenters. The molecule has 0 radical (unpaired) electrons. The molecule has 0 aliphatic heterocycles. The van der Waals surface area contributed by atoms with Gasteiger partial charge in [-0.1, -0.05) is 72.8 Å². The van der Waals surface area contributed by atoms with Crippen LogP contribution in [0.25, 0.3) is 87.7 Å². The first-order valence-electron chi connectivity index (χ1n) is 14.7. The van der Waals surface area contributed by atoms with Gasteiger partial charge in [0, 0.05) is 44.0 Å². The Morgan fingerprint density at radius 1 is 0.341 bits per heavy atom. The van der Waals surface area contributed by atoms with Gasteiger partial charge >= 0.3 is 0 Å². The highest BCUT2D eigenvalue weighted by Gasteiger charge is 2.20. The predicted molar refractivity (Wildman–Crippen MR) is 178 cm³/mol. The van der Waals surface area contributed by atoms with Gasteiger partial charge in [0.15, 0.2) is 0 Å². The molecule has 0 unspecified atom stereocenters. The number of aromatic nitrogens is 2. The highest BCUT2D eigenvalue weighted by Crippen LogP contribution is 2.41. The molecular weight excluding hydrogens is 546 g/mol. The molecule has 206 valence electrons. The van der Waals surface area contributed by atoms with Crippen LogP contribution in [0.3, 0.4) is 0 Å². The molecule has 2 heterocycles. The molecule has 0 bridgehead atoms. The minimum absolute atomic E-state index is 0.236. The van der Waals surface area contributed by atoms with Gasteiger partial charge in [-0.25, -0.2) is 8.78 Å². The van der Waals surface area contributed by atoms with Crippen molar-refractivity contribution in [3.63, 3.8) is 0 Å². The summed E-state index contributed by atoms with van der Waals surface area (Å²) in [6.07, 6.45) is 0. The lowest BCUT2D eigenvalue weighted by molar-refractivity contribution is 0.615. The fraction of sp³-hybridized carbons (Fsp3) is 0. The van der Waals surface area contributed by atoms with E-state index in [0.29, 0.717) is 11.4 Å². The summed E-state index contributed by atoms with van der Waals surface area (Å²) in [6.45, 7) is 0. The minimum Gasteiger partial charge on any atom is -0.309 e. The average molecular weight is 569 g/mol. The molecule has 2 nitrogen and oxygen atoms in total. The summed E-state index contributed by atoms with van der Waals surface area (Å²) in [7, 11) is 0. The van der Waals surface area contributed by atoms with Crippen LogP contribution in [0.15, 0.2) is 133 Å². The number of benzene rings is 8. The molecule has 0 saturated carbocycles. The third kappa shape index (κ3) is 3.02. The molecule has 0 N–H and O–H groups in total. The van der Waals surface area contributed by atoms with Crippen LogP contribution < -0.4 is 0 Å². The van der Waals surface area contributed by atoms with E-state index in [1.807, 2.05) is 36.4 Å². The predicted octanol–water partition coefficient (Wildman–Crippen LogP) is 11.0. The van der Waals surface area contributed by atoms with E-state index in [2.05, 4.69) is 81.9 Å². The Hall–Kier alpha value is -5.74. The first-order chi connectivity index (χ1) is 21.7. The monoisotopic (exact) mass is 568 g/mol. The van der Waals surface area contributed by atoms with Gasteiger partial charge in [-0.3, -0.25) is 0 Å². The third-order valence-corrected chi connectivity index (χ3v) is 9.36. The smallest absolute Gasteiger partial charge is 0.133 e. The van der Waals surface area contributed by atoms with E-state index in [1.54, 1.807) is 12.1 Å². The minimum atomic E-state index is -0.465. The maximum absolute atomic E-state index is 16.0. The van der Waals surface area contributed by atoms with Crippen LogP contribution in [0.4, 0.5) is 8.78 Å². The van der Waals surface area contributed by atoms with Gasteiger partial charge in [-0.15, -0.1) is 0 Å². The Balaban J connectivity index is 1.12. The number of halogens is 2. The Labute approximate surface area is 250 Å². The number of nitrogens with zero attached hydrogens (tertiary/aromatic N) is 2. The molecule has 44 heavy (non-hydrogen) atoms. The second-order valence-corrected chi connectivity index (χ2v) is 11.6. The standard InChI is InChI=1S/C40H22F2N2/c41-31-21-27(43-33-9-1-5-23-13-14-24-6-2-10-34(43)38(24)37(23)33)17-19-29(31)30-20-18-28(22-32(30)42)44-35-11-3-7-25-15-16-26-8-4-12-36(44)40(26)39(25)35/h1-22H. The number of hydrogen-bond donors (Lipinski definition) is 0. The summed E-state index contributed by atoms with van der Waals surface area (Å²) in [5.41, 5.74) is 5.97. The van der Waals surface area contributed by atoms with Crippen molar-refractivity contribution in [2.45, 2.75) is 0 Å². The van der Waals surface area contributed by atoms with E-state index < -0.39 is 11.6 Å². The van der Waals surface area contributed by atoms with Crippen molar-refractivity contribution in [3.8, 4) is 22.5 Å². The molecule has 2 aromatic heterocycles. The molecule has 10 aromatic rings. The van der Waals surface area contributed by atoms with Gasteiger partial charge in [-0.2, -0.15) is 0 Å². The molecule has 0 fully saturated rings. The molecule has 10 rings (SSSR count). The largest absolute Gasteiger partial charge is 0.309 e. The molecular formula is C40H22F2N2. The first kappa shape index (κ1) is 23.8. The van der Waals surface area contributed by atoms with Crippen molar-refractivity contribution < 1.29 is 8.78 Å². The van der Waals surface area contributed by atoms with Crippen LogP contribution >= 0.6 is 0 Å². The summed E-state index contributed by atoms with van der Waals surface area (Å²) in [6, 6.07) is 43.6. The molecule has 0 aliphatic carbocycles. The number of rotatable bonds is 3. The van der Waals surface area contributed by atoms with Crippen molar-refractivity contribution in [1.82, 2.24) is 9.13 Å².